The van der Waals surface area contributed by atoms with Gasteiger partial charge in [-0.05, 0) is 55.2 Å². The first-order chi connectivity index (χ1) is 9.49. The van der Waals surface area contributed by atoms with Crippen molar-refractivity contribution in [2.24, 2.45) is 0 Å². The molecule has 1 aromatic rings. The number of carbonyl (C=O) groups is 1. The smallest absolute Gasteiger partial charge is 0.270 e. The van der Waals surface area contributed by atoms with Crippen molar-refractivity contribution in [3.8, 4) is 0 Å². The van der Waals surface area contributed by atoms with Crippen LogP contribution in [-0.2, 0) is 6.54 Å². The van der Waals surface area contributed by atoms with E-state index in [1.54, 1.807) is 0 Å². The quantitative estimate of drug-likeness (QED) is 0.914. The van der Waals surface area contributed by atoms with Crippen molar-refractivity contribution in [3.05, 3.63) is 22.4 Å². The molecule has 1 fully saturated rings. The van der Waals surface area contributed by atoms with Crippen LogP contribution < -0.4 is 5.32 Å². The van der Waals surface area contributed by atoms with Crippen molar-refractivity contribution >= 4 is 21.8 Å². The third kappa shape index (κ3) is 3.26. The molecule has 1 amide bonds. The first-order valence-electron chi connectivity index (χ1n) is 7.33. The molecule has 0 unspecified atom stereocenters. The Morgan fingerprint density at radius 1 is 1.45 bits per heavy atom. The first-order valence-corrected chi connectivity index (χ1v) is 8.12. The van der Waals surface area contributed by atoms with Gasteiger partial charge in [-0.15, -0.1) is 0 Å². The summed E-state index contributed by atoms with van der Waals surface area (Å²) in [6.45, 7) is 6.89. The molecule has 2 heterocycles. The average molecular weight is 342 g/mol. The molecule has 1 N–H and O–H groups in total. The fourth-order valence-corrected chi connectivity index (χ4v) is 3.16. The second-order valence-electron chi connectivity index (χ2n) is 5.84. The van der Waals surface area contributed by atoms with Gasteiger partial charge < -0.3 is 14.8 Å². The van der Waals surface area contributed by atoms with Crippen LogP contribution in [0.1, 0.15) is 43.6 Å². The molecule has 2 rings (SSSR count). The van der Waals surface area contributed by atoms with E-state index in [2.05, 4.69) is 39.7 Å². The van der Waals surface area contributed by atoms with Crippen LogP contribution >= 0.6 is 15.9 Å². The van der Waals surface area contributed by atoms with E-state index >= 15 is 0 Å². The average Bonchev–Trinajstić information content (AvgIpc) is 2.80. The van der Waals surface area contributed by atoms with Crippen molar-refractivity contribution in [1.29, 1.82) is 0 Å². The summed E-state index contributed by atoms with van der Waals surface area (Å²) in [5, 5.41) is 3.36. The van der Waals surface area contributed by atoms with Crippen LogP contribution in [0.25, 0.3) is 0 Å². The molecule has 0 spiro atoms. The third-order valence-corrected chi connectivity index (χ3v) is 4.74. The summed E-state index contributed by atoms with van der Waals surface area (Å²) in [4.78, 5) is 14.7. The van der Waals surface area contributed by atoms with Gasteiger partial charge in [0.2, 0.25) is 0 Å². The molecule has 20 heavy (non-hydrogen) atoms. The number of nitrogens with one attached hydrogen (secondary N) is 1. The molecule has 5 heteroatoms. The van der Waals surface area contributed by atoms with Crippen molar-refractivity contribution in [3.63, 3.8) is 0 Å². The first kappa shape index (κ1) is 15.6. The molecule has 4 nitrogen and oxygen atoms in total. The van der Waals surface area contributed by atoms with Crippen LogP contribution in [0.5, 0.6) is 0 Å². The summed E-state index contributed by atoms with van der Waals surface area (Å²) in [5.41, 5.74) is 0.967. The Balaban J connectivity index is 2.09. The number of halogens is 1. The van der Waals surface area contributed by atoms with Gasteiger partial charge in [0.15, 0.2) is 0 Å². The van der Waals surface area contributed by atoms with Crippen LogP contribution in [0.2, 0.25) is 0 Å². The number of likely N-dealkylation sites (tertiary alicyclic amines) is 1. The largest absolute Gasteiger partial charge is 0.342 e. The van der Waals surface area contributed by atoms with Gasteiger partial charge in [0.05, 0.1) is 0 Å². The number of amides is 1. The Morgan fingerprint density at radius 3 is 2.65 bits per heavy atom. The minimum atomic E-state index is 0.155. The monoisotopic (exact) mass is 341 g/mol. The maximum absolute atomic E-state index is 12.7. The summed E-state index contributed by atoms with van der Waals surface area (Å²) in [7, 11) is 2.00. The fraction of sp³-hybridized carbons (Fsp3) is 0.667. The van der Waals surface area contributed by atoms with Crippen molar-refractivity contribution in [2.45, 2.75) is 45.2 Å². The summed E-state index contributed by atoms with van der Waals surface area (Å²) in [6, 6.07) is 1.93. The zero-order valence-electron chi connectivity index (χ0n) is 12.6. The lowest BCUT2D eigenvalue weighted by Crippen LogP contribution is -2.51. The summed E-state index contributed by atoms with van der Waals surface area (Å²) in [6.07, 6.45) is 5.04. The molecule has 1 aliphatic rings. The molecular formula is C15H24BrN3O. The lowest BCUT2D eigenvalue weighted by atomic mass is 9.90. The van der Waals surface area contributed by atoms with Crippen LogP contribution in [0, 0.1) is 0 Å². The zero-order valence-corrected chi connectivity index (χ0v) is 14.2. The van der Waals surface area contributed by atoms with E-state index in [0.717, 1.165) is 49.1 Å². The molecule has 1 aromatic heterocycles. The van der Waals surface area contributed by atoms with Crippen molar-refractivity contribution < 1.29 is 4.79 Å². The van der Waals surface area contributed by atoms with Crippen LogP contribution in [0.15, 0.2) is 16.7 Å². The Bertz CT molecular complexity index is 475. The van der Waals surface area contributed by atoms with Gasteiger partial charge in [-0.1, -0.05) is 6.92 Å². The highest BCUT2D eigenvalue weighted by molar-refractivity contribution is 9.10. The Kier molecular flexibility index (Phi) is 4.91. The minimum absolute atomic E-state index is 0.155. The van der Waals surface area contributed by atoms with Gasteiger partial charge in [-0.25, -0.2) is 0 Å². The number of aryl methyl sites for hydroxylation is 1. The van der Waals surface area contributed by atoms with Gasteiger partial charge in [-0.2, -0.15) is 0 Å². The SMILES string of the molecule is CCCn1cc(Br)cc1C(=O)N1CCC(C)(NC)CC1. The molecular weight excluding hydrogens is 318 g/mol. The molecule has 0 bridgehead atoms. The van der Waals surface area contributed by atoms with Crippen LogP contribution in [-0.4, -0.2) is 41.1 Å². The van der Waals surface area contributed by atoms with E-state index < -0.39 is 0 Å². The van der Waals surface area contributed by atoms with Crippen molar-refractivity contribution in [2.75, 3.05) is 20.1 Å². The molecule has 0 atom stereocenters. The normalized spacial score (nSPS) is 18.3. The predicted molar refractivity (Wildman–Crippen MR) is 85.0 cm³/mol. The van der Waals surface area contributed by atoms with E-state index in [1.165, 1.54) is 0 Å². The van der Waals surface area contributed by atoms with Crippen LogP contribution in [0.4, 0.5) is 0 Å². The maximum Gasteiger partial charge on any atom is 0.270 e. The van der Waals surface area contributed by atoms with E-state index in [-0.39, 0.29) is 11.4 Å². The predicted octanol–water partition coefficient (Wildman–Crippen LogP) is 2.87. The lowest BCUT2D eigenvalue weighted by Gasteiger charge is -2.39. The Morgan fingerprint density at radius 2 is 2.10 bits per heavy atom. The molecule has 112 valence electrons. The van der Waals surface area contributed by atoms with E-state index in [4.69, 9.17) is 0 Å². The molecule has 0 aliphatic carbocycles. The number of piperidine rings is 1. The van der Waals surface area contributed by atoms with Gasteiger partial charge in [0.25, 0.3) is 5.91 Å². The summed E-state index contributed by atoms with van der Waals surface area (Å²) < 4.78 is 3.03. The summed E-state index contributed by atoms with van der Waals surface area (Å²) >= 11 is 3.47. The van der Waals surface area contributed by atoms with Gasteiger partial charge in [0.1, 0.15) is 5.69 Å². The van der Waals surface area contributed by atoms with Crippen LogP contribution in [0.3, 0.4) is 0 Å². The molecule has 0 radical (unpaired) electrons. The Hall–Kier alpha value is -0.810. The number of rotatable bonds is 4. The topological polar surface area (TPSA) is 37.3 Å². The van der Waals surface area contributed by atoms with E-state index in [1.807, 2.05) is 24.2 Å². The van der Waals surface area contributed by atoms with Gasteiger partial charge >= 0.3 is 0 Å². The number of nitrogens with zero attached hydrogens (tertiary/aromatic N) is 2. The second-order valence-corrected chi connectivity index (χ2v) is 6.76. The number of aromatic nitrogens is 1. The highest BCUT2D eigenvalue weighted by atomic mass is 79.9. The number of hydrogen-bond acceptors (Lipinski definition) is 2. The van der Waals surface area contributed by atoms with Gasteiger partial charge in [-0.3, -0.25) is 4.79 Å². The minimum Gasteiger partial charge on any atom is -0.342 e. The molecule has 0 aromatic carbocycles. The number of hydrogen-bond donors (Lipinski definition) is 1. The van der Waals surface area contributed by atoms with E-state index in [9.17, 15) is 4.79 Å². The Labute approximate surface area is 129 Å². The van der Waals surface area contributed by atoms with Gasteiger partial charge in [0, 0.05) is 35.8 Å². The molecule has 1 saturated heterocycles. The second kappa shape index (κ2) is 6.31. The molecule has 1 aliphatic heterocycles. The maximum atomic E-state index is 12.7. The standard InChI is InChI=1S/C15H24BrN3O/c1-4-7-19-11-12(16)10-13(19)14(20)18-8-5-15(2,17-3)6-9-18/h10-11,17H,4-9H2,1-3H3. The fourth-order valence-electron chi connectivity index (χ4n) is 2.70. The summed E-state index contributed by atoms with van der Waals surface area (Å²) in [5.74, 6) is 0.155. The third-order valence-electron chi connectivity index (χ3n) is 4.30. The van der Waals surface area contributed by atoms with Crippen molar-refractivity contribution in [1.82, 2.24) is 14.8 Å². The lowest BCUT2D eigenvalue weighted by molar-refractivity contribution is 0.0651. The van der Waals surface area contributed by atoms with E-state index in [0.29, 0.717) is 0 Å². The highest BCUT2D eigenvalue weighted by Crippen LogP contribution is 2.24. The number of carbonyl (C=O) groups excluding carboxylic acids is 1. The zero-order chi connectivity index (χ0) is 14.8. The molecule has 0 saturated carbocycles. The highest BCUT2D eigenvalue weighted by Gasteiger charge is 2.31.